The number of benzene rings is 1. The largest absolute Gasteiger partial charge is 0.398 e. The van der Waals surface area contributed by atoms with E-state index < -0.39 is 0 Å². The lowest BCUT2D eigenvalue weighted by Gasteiger charge is -2.26. The number of terminal acetylenes is 1. The highest BCUT2D eigenvalue weighted by Crippen LogP contribution is 2.25. The van der Waals surface area contributed by atoms with Crippen molar-refractivity contribution in [2.24, 2.45) is 5.92 Å². The highest BCUT2D eigenvalue weighted by atomic mass is 15.1. The van der Waals surface area contributed by atoms with Crippen molar-refractivity contribution >= 4 is 16.9 Å². The first-order chi connectivity index (χ1) is 17.9. The molecule has 1 aromatic carbocycles. The van der Waals surface area contributed by atoms with Gasteiger partial charge < -0.3 is 11.1 Å². The number of anilines is 2. The van der Waals surface area contributed by atoms with Crippen LogP contribution < -0.4 is 11.1 Å². The molecule has 3 rings (SSSR count). The highest BCUT2D eigenvalue weighted by Gasteiger charge is 2.12. The van der Waals surface area contributed by atoms with Gasteiger partial charge in [-0.25, -0.2) is 0 Å². The van der Waals surface area contributed by atoms with Gasteiger partial charge in [-0.05, 0) is 91.7 Å². The number of nitrogens with zero attached hydrogens (tertiary/aromatic N) is 2. The Bertz CT molecular complexity index is 1100. The summed E-state index contributed by atoms with van der Waals surface area (Å²) in [6.07, 6.45) is 21.8. The minimum absolute atomic E-state index is 0.593. The van der Waals surface area contributed by atoms with Crippen LogP contribution in [-0.2, 0) is 12.8 Å². The van der Waals surface area contributed by atoms with E-state index in [1.54, 1.807) is 0 Å². The number of nitrogens with two attached hydrogens (primary N) is 1. The minimum atomic E-state index is 0.593. The molecule has 1 aliphatic heterocycles. The summed E-state index contributed by atoms with van der Waals surface area (Å²) in [5, 5.41) is 3.39. The number of aromatic nitrogens is 1. The standard InChI is InChI=1S/C31H42N4.C2H2/c1-6-25(22-35-15-9-8-10-16-35)19-26(7-2)27-11-14-31(32)28(20-27)18-24(5)34-30-13-12-29(33-21-30)17-23(3)4;1-2/h6-7,11-14,19-21,23,34H,1,5,8-10,15-18,22,32H2,2-4H3;1-2H/b25-19+,26-7+;. The van der Waals surface area contributed by atoms with Gasteiger partial charge >= 0.3 is 0 Å². The molecule has 0 aliphatic carbocycles. The van der Waals surface area contributed by atoms with Crippen molar-refractivity contribution in [1.29, 1.82) is 0 Å². The average molecular weight is 497 g/mol. The molecule has 37 heavy (non-hydrogen) atoms. The fourth-order valence-electron chi connectivity index (χ4n) is 4.53. The van der Waals surface area contributed by atoms with E-state index in [-0.39, 0.29) is 0 Å². The fourth-order valence-corrected chi connectivity index (χ4v) is 4.53. The second-order valence-corrected chi connectivity index (χ2v) is 9.96. The van der Waals surface area contributed by atoms with Crippen LogP contribution in [0.25, 0.3) is 5.57 Å². The molecule has 0 radical (unpaired) electrons. The number of nitrogens with one attached hydrogen (secondary N) is 1. The summed E-state index contributed by atoms with van der Waals surface area (Å²) >= 11 is 0. The maximum atomic E-state index is 6.35. The van der Waals surface area contributed by atoms with E-state index in [9.17, 15) is 0 Å². The van der Waals surface area contributed by atoms with Gasteiger partial charge in [0.1, 0.15) is 0 Å². The summed E-state index contributed by atoms with van der Waals surface area (Å²) in [4.78, 5) is 7.09. The van der Waals surface area contributed by atoms with Gasteiger partial charge in [0.15, 0.2) is 0 Å². The predicted octanol–water partition coefficient (Wildman–Crippen LogP) is 7.28. The summed E-state index contributed by atoms with van der Waals surface area (Å²) < 4.78 is 0. The minimum Gasteiger partial charge on any atom is -0.398 e. The van der Waals surface area contributed by atoms with Gasteiger partial charge in [0, 0.05) is 30.0 Å². The molecule has 4 nitrogen and oxygen atoms in total. The number of hydrogen-bond donors (Lipinski definition) is 2. The fraction of sp³-hybridized carbons (Fsp3) is 0.364. The van der Waals surface area contributed by atoms with Crippen LogP contribution in [0, 0.1) is 18.8 Å². The lowest BCUT2D eigenvalue weighted by atomic mass is 9.97. The first-order valence-electron chi connectivity index (χ1n) is 13.2. The van der Waals surface area contributed by atoms with Crippen molar-refractivity contribution in [2.45, 2.75) is 52.9 Å². The molecule has 0 amide bonds. The first kappa shape index (κ1) is 29.7. The van der Waals surface area contributed by atoms with E-state index in [4.69, 9.17) is 5.73 Å². The molecule has 2 heterocycles. The van der Waals surface area contributed by atoms with Gasteiger partial charge in [0.2, 0.25) is 0 Å². The number of nitrogen functional groups attached to an aromatic ring is 1. The van der Waals surface area contributed by atoms with E-state index in [1.807, 2.05) is 18.3 Å². The van der Waals surface area contributed by atoms with Crippen molar-refractivity contribution in [2.75, 3.05) is 30.7 Å². The number of rotatable bonds is 11. The summed E-state index contributed by atoms with van der Waals surface area (Å²) in [5.41, 5.74) is 14.7. The quantitative estimate of drug-likeness (QED) is 0.195. The molecule has 1 fully saturated rings. The van der Waals surface area contributed by atoms with Crippen LogP contribution in [0.2, 0.25) is 0 Å². The monoisotopic (exact) mass is 496 g/mol. The molecule has 2 aromatic rings. The number of allylic oxidation sites excluding steroid dienone is 4. The highest BCUT2D eigenvalue weighted by molar-refractivity contribution is 5.77. The van der Waals surface area contributed by atoms with Gasteiger partial charge in [-0.2, -0.15) is 0 Å². The second kappa shape index (κ2) is 15.5. The topological polar surface area (TPSA) is 54.2 Å². The molecule has 1 saturated heterocycles. The van der Waals surface area contributed by atoms with E-state index >= 15 is 0 Å². The van der Waals surface area contributed by atoms with Crippen LogP contribution in [0.1, 0.15) is 56.9 Å². The van der Waals surface area contributed by atoms with Crippen LogP contribution >= 0.6 is 0 Å². The Hall–Kier alpha value is -3.55. The molecule has 3 N–H and O–H groups in total. The maximum absolute atomic E-state index is 6.35. The van der Waals surface area contributed by atoms with Gasteiger partial charge in [0.25, 0.3) is 0 Å². The molecule has 0 saturated carbocycles. The van der Waals surface area contributed by atoms with Crippen LogP contribution in [0.3, 0.4) is 0 Å². The number of hydrogen-bond acceptors (Lipinski definition) is 4. The molecule has 4 heteroatoms. The summed E-state index contributed by atoms with van der Waals surface area (Å²) in [5.74, 6) is 0.593. The predicted molar refractivity (Wildman–Crippen MR) is 162 cm³/mol. The maximum Gasteiger partial charge on any atom is 0.0568 e. The Labute approximate surface area is 225 Å². The Kier molecular flexibility index (Phi) is 12.5. The Morgan fingerprint density at radius 1 is 1.16 bits per heavy atom. The number of pyridine rings is 1. The molecular formula is C33H44N4. The van der Waals surface area contributed by atoms with Crippen molar-refractivity contribution < 1.29 is 0 Å². The molecule has 0 spiro atoms. The molecular weight excluding hydrogens is 452 g/mol. The van der Waals surface area contributed by atoms with Crippen LogP contribution in [0.4, 0.5) is 11.4 Å². The zero-order valence-electron chi connectivity index (χ0n) is 23.0. The SMILES string of the molecule is C#C.C=C/C(=C\C(=C/C)c1ccc(N)c(CC(=C)Nc2ccc(CC(C)C)nc2)c1)CN1CCCCC1. The van der Waals surface area contributed by atoms with Gasteiger partial charge in [-0.15, -0.1) is 12.8 Å². The van der Waals surface area contributed by atoms with Gasteiger partial charge in [0.05, 0.1) is 11.9 Å². The normalized spacial score (nSPS) is 14.5. The molecule has 0 atom stereocenters. The first-order valence-corrected chi connectivity index (χ1v) is 13.2. The molecule has 0 unspecified atom stereocenters. The summed E-state index contributed by atoms with van der Waals surface area (Å²) in [6, 6.07) is 10.4. The third kappa shape index (κ3) is 9.79. The van der Waals surface area contributed by atoms with Crippen molar-refractivity contribution in [1.82, 2.24) is 9.88 Å². The van der Waals surface area contributed by atoms with E-state index in [0.29, 0.717) is 12.3 Å². The second-order valence-electron chi connectivity index (χ2n) is 9.96. The average Bonchev–Trinajstić information content (AvgIpc) is 2.90. The summed E-state index contributed by atoms with van der Waals surface area (Å²) in [6.45, 7) is 18.1. The number of piperidine rings is 1. The van der Waals surface area contributed by atoms with E-state index in [1.165, 1.54) is 43.5 Å². The third-order valence-electron chi connectivity index (χ3n) is 6.41. The lowest BCUT2D eigenvalue weighted by Crippen LogP contribution is -2.31. The lowest BCUT2D eigenvalue weighted by molar-refractivity contribution is 0.248. The van der Waals surface area contributed by atoms with Crippen LogP contribution in [-0.4, -0.2) is 29.5 Å². The molecule has 1 aliphatic rings. The van der Waals surface area contributed by atoms with Crippen LogP contribution in [0.5, 0.6) is 0 Å². The zero-order chi connectivity index (χ0) is 27.2. The third-order valence-corrected chi connectivity index (χ3v) is 6.41. The Morgan fingerprint density at radius 2 is 1.89 bits per heavy atom. The van der Waals surface area contributed by atoms with Gasteiger partial charge in [-0.1, -0.05) is 57.7 Å². The number of likely N-dealkylation sites (tertiary alicyclic amines) is 1. The molecule has 0 bridgehead atoms. The smallest absolute Gasteiger partial charge is 0.0568 e. The van der Waals surface area contributed by atoms with Gasteiger partial charge in [-0.3, -0.25) is 9.88 Å². The Morgan fingerprint density at radius 3 is 2.49 bits per heavy atom. The molecule has 1 aromatic heterocycles. The van der Waals surface area contributed by atoms with Crippen molar-refractivity contribution in [3.63, 3.8) is 0 Å². The molecule has 196 valence electrons. The summed E-state index contributed by atoms with van der Waals surface area (Å²) in [7, 11) is 0. The van der Waals surface area contributed by atoms with Crippen LogP contribution in [0.15, 0.2) is 79.2 Å². The van der Waals surface area contributed by atoms with E-state index in [0.717, 1.165) is 46.9 Å². The van der Waals surface area contributed by atoms with Crippen molar-refractivity contribution in [3.8, 4) is 12.8 Å². The Balaban J connectivity index is 0.00000235. The van der Waals surface area contributed by atoms with Crippen molar-refractivity contribution in [3.05, 3.63) is 96.0 Å². The zero-order valence-corrected chi connectivity index (χ0v) is 23.0. The van der Waals surface area contributed by atoms with E-state index in [2.05, 4.69) is 98.4 Å².